The van der Waals surface area contributed by atoms with Gasteiger partial charge < -0.3 is 9.26 Å². The Morgan fingerprint density at radius 1 is 1.27 bits per heavy atom. The van der Waals surface area contributed by atoms with Crippen molar-refractivity contribution in [3.8, 4) is 11.3 Å². The van der Waals surface area contributed by atoms with Crippen LogP contribution in [-0.4, -0.2) is 11.1 Å². The highest BCUT2D eigenvalue weighted by molar-refractivity contribution is 5.72. The van der Waals surface area contributed by atoms with Crippen molar-refractivity contribution in [3.63, 3.8) is 0 Å². The maximum absolute atomic E-state index is 13.7. The number of aromatic nitrogens is 1. The summed E-state index contributed by atoms with van der Waals surface area (Å²) >= 11 is 0. The van der Waals surface area contributed by atoms with Gasteiger partial charge in [-0.3, -0.25) is 4.79 Å². The smallest absolute Gasteiger partial charge is 0.309 e. The summed E-state index contributed by atoms with van der Waals surface area (Å²) in [6.45, 7) is 0.0628. The molecule has 5 heteroatoms. The number of esters is 1. The maximum atomic E-state index is 13.7. The minimum atomic E-state index is -0.371. The Labute approximate surface area is 128 Å². The van der Waals surface area contributed by atoms with Gasteiger partial charge in [0, 0.05) is 6.07 Å². The topological polar surface area (TPSA) is 52.3 Å². The highest BCUT2D eigenvalue weighted by atomic mass is 19.1. The zero-order valence-corrected chi connectivity index (χ0v) is 12.3. The van der Waals surface area contributed by atoms with Crippen LogP contribution in [0, 0.1) is 11.7 Å². The molecule has 4 nitrogen and oxygen atoms in total. The molecule has 0 amide bonds. The molecule has 1 aliphatic carbocycles. The number of hydrogen-bond acceptors (Lipinski definition) is 4. The van der Waals surface area contributed by atoms with Crippen LogP contribution < -0.4 is 0 Å². The lowest BCUT2D eigenvalue weighted by Gasteiger charge is -2.19. The van der Waals surface area contributed by atoms with Crippen LogP contribution in [0.2, 0.25) is 0 Å². The molecule has 0 saturated heterocycles. The SMILES string of the molecule is O=C(OCc1cc(-c2ccccc2F)on1)C1CCCCC1. The zero-order chi connectivity index (χ0) is 15.4. The van der Waals surface area contributed by atoms with Crippen molar-refractivity contribution in [1.82, 2.24) is 5.16 Å². The fraction of sp³-hybridized carbons (Fsp3) is 0.412. The van der Waals surface area contributed by atoms with Gasteiger partial charge in [0.15, 0.2) is 5.76 Å². The number of benzene rings is 1. The van der Waals surface area contributed by atoms with E-state index in [2.05, 4.69) is 5.16 Å². The molecule has 2 aromatic rings. The molecule has 1 saturated carbocycles. The number of halogens is 1. The minimum Gasteiger partial charge on any atom is -0.459 e. The molecule has 1 aromatic carbocycles. The zero-order valence-electron chi connectivity index (χ0n) is 12.3. The van der Waals surface area contributed by atoms with Gasteiger partial charge in [-0.05, 0) is 25.0 Å². The molecule has 1 aromatic heterocycles. The Balaban J connectivity index is 1.60. The second-order valence-corrected chi connectivity index (χ2v) is 5.60. The van der Waals surface area contributed by atoms with Gasteiger partial charge in [0.25, 0.3) is 0 Å². The van der Waals surface area contributed by atoms with Gasteiger partial charge in [-0.2, -0.15) is 0 Å². The normalized spacial score (nSPS) is 15.7. The van der Waals surface area contributed by atoms with Crippen molar-refractivity contribution in [1.29, 1.82) is 0 Å². The predicted octanol–water partition coefficient (Wildman–Crippen LogP) is 4.10. The largest absolute Gasteiger partial charge is 0.459 e. The predicted molar refractivity (Wildman–Crippen MR) is 78.3 cm³/mol. The molecule has 0 spiro atoms. The lowest BCUT2D eigenvalue weighted by atomic mass is 9.89. The van der Waals surface area contributed by atoms with Crippen molar-refractivity contribution in [3.05, 3.63) is 41.8 Å². The molecule has 0 unspecified atom stereocenters. The van der Waals surface area contributed by atoms with E-state index in [0.29, 0.717) is 17.0 Å². The van der Waals surface area contributed by atoms with E-state index in [0.717, 1.165) is 25.7 Å². The second-order valence-electron chi connectivity index (χ2n) is 5.60. The molecule has 0 bridgehead atoms. The van der Waals surface area contributed by atoms with Crippen LogP contribution in [0.15, 0.2) is 34.9 Å². The Morgan fingerprint density at radius 2 is 2.05 bits per heavy atom. The van der Waals surface area contributed by atoms with Crippen molar-refractivity contribution < 1.29 is 18.4 Å². The average Bonchev–Trinajstić information content (AvgIpc) is 3.02. The molecule has 116 valence electrons. The Morgan fingerprint density at radius 3 is 2.82 bits per heavy atom. The third-order valence-corrected chi connectivity index (χ3v) is 4.00. The molecule has 0 radical (unpaired) electrons. The monoisotopic (exact) mass is 303 g/mol. The van der Waals surface area contributed by atoms with Crippen LogP contribution >= 0.6 is 0 Å². The molecule has 0 aliphatic heterocycles. The summed E-state index contributed by atoms with van der Waals surface area (Å²) in [6.07, 6.45) is 5.16. The van der Waals surface area contributed by atoms with Crippen LogP contribution in [0.1, 0.15) is 37.8 Å². The first-order valence-corrected chi connectivity index (χ1v) is 7.61. The number of nitrogens with zero attached hydrogens (tertiary/aromatic N) is 1. The van der Waals surface area contributed by atoms with Crippen LogP contribution in [-0.2, 0) is 16.1 Å². The van der Waals surface area contributed by atoms with Crippen LogP contribution in [0.4, 0.5) is 4.39 Å². The van der Waals surface area contributed by atoms with Gasteiger partial charge in [-0.15, -0.1) is 0 Å². The molecule has 0 atom stereocenters. The van der Waals surface area contributed by atoms with Gasteiger partial charge in [0.05, 0.1) is 11.5 Å². The third kappa shape index (κ3) is 3.35. The minimum absolute atomic E-state index is 0.00619. The third-order valence-electron chi connectivity index (χ3n) is 4.00. The highest BCUT2D eigenvalue weighted by Crippen LogP contribution is 2.26. The van der Waals surface area contributed by atoms with Gasteiger partial charge in [0.1, 0.15) is 18.1 Å². The number of rotatable bonds is 4. The summed E-state index contributed by atoms with van der Waals surface area (Å²) in [5, 5.41) is 3.83. The summed E-state index contributed by atoms with van der Waals surface area (Å²) in [6, 6.07) is 7.92. The molecule has 3 rings (SSSR count). The van der Waals surface area contributed by atoms with Crippen LogP contribution in [0.5, 0.6) is 0 Å². The first-order chi connectivity index (χ1) is 10.7. The van der Waals surface area contributed by atoms with E-state index >= 15 is 0 Å². The number of carbonyl (C=O) groups excluding carboxylic acids is 1. The van der Waals surface area contributed by atoms with Crippen molar-refractivity contribution >= 4 is 5.97 Å². The second kappa shape index (κ2) is 6.73. The maximum Gasteiger partial charge on any atom is 0.309 e. The molecule has 1 aliphatic rings. The molecule has 1 heterocycles. The van der Waals surface area contributed by atoms with Gasteiger partial charge >= 0.3 is 5.97 Å². The van der Waals surface area contributed by atoms with Crippen molar-refractivity contribution in [2.24, 2.45) is 5.92 Å². The standard InChI is InChI=1S/C17H18FNO3/c18-15-9-5-4-8-14(15)16-10-13(19-22-16)11-21-17(20)12-6-2-1-3-7-12/h4-5,8-10,12H,1-3,6-7,11H2. The summed E-state index contributed by atoms with van der Waals surface area (Å²) in [7, 11) is 0. The van der Waals surface area contributed by atoms with Gasteiger partial charge in [0.2, 0.25) is 0 Å². The fourth-order valence-electron chi connectivity index (χ4n) is 2.77. The number of hydrogen-bond donors (Lipinski definition) is 0. The molecular weight excluding hydrogens is 285 g/mol. The lowest BCUT2D eigenvalue weighted by molar-refractivity contribution is -0.151. The first kappa shape index (κ1) is 14.8. The van der Waals surface area contributed by atoms with Gasteiger partial charge in [-0.25, -0.2) is 4.39 Å². The summed E-state index contributed by atoms with van der Waals surface area (Å²) in [5.41, 5.74) is 0.835. The van der Waals surface area contributed by atoms with E-state index in [1.54, 1.807) is 24.3 Å². The Hall–Kier alpha value is -2.17. The number of ether oxygens (including phenoxy) is 1. The summed E-state index contributed by atoms with van der Waals surface area (Å²) in [4.78, 5) is 12.0. The van der Waals surface area contributed by atoms with Gasteiger partial charge in [-0.1, -0.05) is 36.6 Å². The quantitative estimate of drug-likeness (QED) is 0.798. The van der Waals surface area contributed by atoms with Crippen molar-refractivity contribution in [2.75, 3.05) is 0 Å². The van der Waals surface area contributed by atoms with Crippen LogP contribution in [0.25, 0.3) is 11.3 Å². The average molecular weight is 303 g/mol. The van der Waals surface area contributed by atoms with E-state index < -0.39 is 0 Å². The van der Waals surface area contributed by atoms with E-state index in [1.807, 2.05) is 0 Å². The number of carbonyl (C=O) groups is 1. The Kier molecular flexibility index (Phi) is 4.51. The summed E-state index contributed by atoms with van der Waals surface area (Å²) in [5.74, 6) is -0.201. The molecular formula is C17H18FNO3. The van der Waals surface area contributed by atoms with E-state index in [-0.39, 0.29) is 24.3 Å². The van der Waals surface area contributed by atoms with E-state index in [4.69, 9.17) is 9.26 Å². The fourth-order valence-corrected chi connectivity index (χ4v) is 2.77. The lowest BCUT2D eigenvalue weighted by Crippen LogP contribution is -2.20. The van der Waals surface area contributed by atoms with E-state index in [9.17, 15) is 9.18 Å². The summed E-state index contributed by atoms with van der Waals surface area (Å²) < 4.78 is 24.1. The Bertz CT molecular complexity index is 647. The van der Waals surface area contributed by atoms with E-state index in [1.165, 1.54) is 12.5 Å². The molecule has 0 N–H and O–H groups in total. The van der Waals surface area contributed by atoms with Crippen LogP contribution in [0.3, 0.4) is 0 Å². The first-order valence-electron chi connectivity index (χ1n) is 7.61. The highest BCUT2D eigenvalue weighted by Gasteiger charge is 2.22. The molecule has 1 fully saturated rings. The van der Waals surface area contributed by atoms with Crippen molar-refractivity contribution in [2.45, 2.75) is 38.7 Å². The molecule has 22 heavy (non-hydrogen) atoms.